The van der Waals surface area contributed by atoms with Crippen LogP contribution >= 0.6 is 11.6 Å². The average Bonchev–Trinajstić information content (AvgIpc) is 2.81. The number of halogens is 1. The molecule has 10 heteroatoms. The summed E-state index contributed by atoms with van der Waals surface area (Å²) in [5.41, 5.74) is 0.616. The normalized spacial score (nSPS) is 16.7. The van der Waals surface area contributed by atoms with Gasteiger partial charge in [0.2, 0.25) is 15.9 Å². The minimum atomic E-state index is -3.85. The Bertz CT molecular complexity index is 1150. The zero-order valence-corrected chi connectivity index (χ0v) is 21.6. The fourth-order valence-corrected chi connectivity index (χ4v) is 5.30. The van der Waals surface area contributed by atoms with E-state index in [0.29, 0.717) is 6.42 Å². The lowest BCUT2D eigenvalue weighted by Gasteiger charge is -2.41. The molecule has 0 bridgehead atoms. The number of amides is 1. The summed E-state index contributed by atoms with van der Waals surface area (Å²) in [5.74, 6) is 0.744. The lowest BCUT2D eigenvalue weighted by molar-refractivity contribution is -0.121. The molecule has 34 heavy (non-hydrogen) atoms. The number of anilines is 1. The number of hydrogen-bond acceptors (Lipinski definition) is 6. The predicted molar refractivity (Wildman–Crippen MR) is 133 cm³/mol. The molecule has 186 valence electrons. The summed E-state index contributed by atoms with van der Waals surface area (Å²) in [6, 6.07) is 10.2. The van der Waals surface area contributed by atoms with E-state index < -0.39 is 28.1 Å². The van der Waals surface area contributed by atoms with E-state index in [0.717, 1.165) is 34.7 Å². The fourth-order valence-electron chi connectivity index (χ4n) is 4.22. The van der Waals surface area contributed by atoms with Crippen LogP contribution in [0.1, 0.15) is 44.7 Å². The summed E-state index contributed by atoms with van der Waals surface area (Å²) in [6.07, 6.45) is 3.17. The van der Waals surface area contributed by atoms with Gasteiger partial charge in [-0.05, 0) is 18.9 Å². The number of sulfonamides is 1. The first kappa shape index (κ1) is 26.0. The number of methoxy groups -OCH3 is 2. The number of benzene rings is 2. The van der Waals surface area contributed by atoms with Gasteiger partial charge < -0.3 is 19.5 Å². The van der Waals surface area contributed by atoms with Crippen LogP contribution in [0.4, 0.5) is 5.69 Å². The number of ether oxygens (including phenoxy) is 3. The largest absolute Gasteiger partial charge is 0.495 e. The minimum Gasteiger partial charge on any atom is -0.495 e. The average molecular weight is 511 g/mol. The first-order valence-electron chi connectivity index (χ1n) is 11.0. The summed E-state index contributed by atoms with van der Waals surface area (Å²) in [5, 5.41) is 3.28. The van der Waals surface area contributed by atoms with E-state index >= 15 is 0 Å². The second-order valence-corrected chi connectivity index (χ2v) is 10.6. The first-order chi connectivity index (χ1) is 16.1. The van der Waals surface area contributed by atoms with Crippen LogP contribution in [-0.4, -0.2) is 46.9 Å². The number of nitrogens with zero attached hydrogens (tertiary/aromatic N) is 1. The van der Waals surface area contributed by atoms with E-state index in [1.807, 2.05) is 24.3 Å². The van der Waals surface area contributed by atoms with Crippen LogP contribution in [0.2, 0.25) is 5.02 Å². The maximum Gasteiger partial charge on any atom is 0.241 e. The topological polar surface area (TPSA) is 94.2 Å². The molecule has 1 aliphatic heterocycles. The molecule has 0 saturated heterocycles. The van der Waals surface area contributed by atoms with Gasteiger partial charge in [-0.15, -0.1) is 0 Å². The third kappa shape index (κ3) is 5.36. The molecule has 1 N–H and O–H groups in total. The van der Waals surface area contributed by atoms with Gasteiger partial charge in [-0.2, -0.15) is 0 Å². The Hall–Kier alpha value is -2.65. The van der Waals surface area contributed by atoms with Gasteiger partial charge in [0, 0.05) is 24.1 Å². The molecule has 0 spiro atoms. The maximum atomic E-state index is 13.2. The molecule has 0 saturated carbocycles. The number of carbonyl (C=O) groups is 1. The summed E-state index contributed by atoms with van der Waals surface area (Å²) in [4.78, 5) is 13.2. The smallest absolute Gasteiger partial charge is 0.241 e. The van der Waals surface area contributed by atoms with Crippen molar-refractivity contribution < 1.29 is 27.4 Å². The van der Waals surface area contributed by atoms with Gasteiger partial charge in [-0.1, -0.05) is 43.6 Å². The maximum absolute atomic E-state index is 13.2. The van der Waals surface area contributed by atoms with Crippen molar-refractivity contribution in [1.82, 2.24) is 5.32 Å². The number of hydrogen-bond donors (Lipinski definition) is 1. The Morgan fingerprint density at radius 2 is 1.82 bits per heavy atom. The van der Waals surface area contributed by atoms with E-state index in [1.165, 1.54) is 26.4 Å². The first-order valence-corrected chi connectivity index (χ1v) is 13.3. The van der Waals surface area contributed by atoms with Crippen molar-refractivity contribution in [1.29, 1.82) is 0 Å². The number of rotatable bonds is 9. The van der Waals surface area contributed by atoms with Crippen LogP contribution in [0.25, 0.3) is 0 Å². The summed E-state index contributed by atoms with van der Waals surface area (Å²) >= 11 is 6.17. The van der Waals surface area contributed by atoms with E-state index in [-0.39, 0.29) is 28.3 Å². The summed E-state index contributed by atoms with van der Waals surface area (Å²) < 4.78 is 43.3. The molecular weight excluding hydrogens is 480 g/mol. The van der Waals surface area contributed by atoms with Crippen molar-refractivity contribution in [2.75, 3.05) is 31.3 Å². The van der Waals surface area contributed by atoms with Crippen LogP contribution in [-0.2, 0) is 14.8 Å². The number of fused-ring (bicyclic) bond motifs is 1. The molecule has 1 atom stereocenters. The lowest BCUT2D eigenvalue weighted by Crippen LogP contribution is -2.47. The van der Waals surface area contributed by atoms with Crippen molar-refractivity contribution in [3.8, 4) is 17.2 Å². The summed E-state index contributed by atoms with van der Waals surface area (Å²) in [6.45, 7) is 3.68. The Kier molecular flexibility index (Phi) is 7.88. The Balaban J connectivity index is 1.93. The number of carbonyl (C=O) groups excluding carboxylic acids is 1. The highest BCUT2D eigenvalue weighted by Gasteiger charge is 2.39. The van der Waals surface area contributed by atoms with Gasteiger partial charge in [-0.3, -0.25) is 9.10 Å². The SMILES string of the molecule is CCC1(CC)C[C@@H](NC(=O)CN(c2cc(OC)c(Cl)cc2OC)S(C)(=O)=O)c2ccccc2O1. The Morgan fingerprint density at radius 1 is 1.18 bits per heavy atom. The van der Waals surface area contributed by atoms with Crippen molar-refractivity contribution in [2.24, 2.45) is 0 Å². The molecule has 0 aromatic heterocycles. The zero-order chi connectivity index (χ0) is 25.1. The van der Waals surface area contributed by atoms with Crippen LogP contribution in [0.5, 0.6) is 17.2 Å². The molecule has 1 aliphatic rings. The molecule has 8 nitrogen and oxygen atoms in total. The van der Waals surface area contributed by atoms with E-state index in [9.17, 15) is 13.2 Å². The zero-order valence-electron chi connectivity index (χ0n) is 20.1. The standard InChI is InChI=1S/C24H31ClN2O6S/c1-6-24(7-2)14-18(16-10-8-9-11-20(16)33-24)26-23(28)15-27(34(5,29)30)19-13-21(31-3)17(25)12-22(19)32-4/h8-13,18H,6-7,14-15H2,1-5H3,(H,26,28)/t18-/m1/s1. The van der Waals surface area contributed by atoms with Gasteiger partial charge >= 0.3 is 0 Å². The molecule has 0 fully saturated rings. The third-order valence-electron chi connectivity index (χ3n) is 6.23. The predicted octanol–water partition coefficient (Wildman–Crippen LogP) is 4.32. The highest BCUT2D eigenvalue weighted by atomic mass is 35.5. The Morgan fingerprint density at radius 3 is 2.41 bits per heavy atom. The molecule has 1 amide bonds. The second-order valence-electron chi connectivity index (χ2n) is 8.28. The number of nitrogens with one attached hydrogen (secondary N) is 1. The molecular formula is C24H31ClN2O6S. The van der Waals surface area contributed by atoms with Crippen LogP contribution < -0.4 is 23.8 Å². The minimum absolute atomic E-state index is 0.158. The van der Waals surface area contributed by atoms with Crippen molar-refractivity contribution in [2.45, 2.75) is 44.8 Å². The molecule has 0 aliphatic carbocycles. The van der Waals surface area contributed by atoms with Crippen LogP contribution in [0.15, 0.2) is 36.4 Å². The monoisotopic (exact) mass is 510 g/mol. The van der Waals surface area contributed by atoms with Gasteiger partial charge in [0.25, 0.3) is 0 Å². The Labute approximate surface area is 206 Å². The number of para-hydroxylation sites is 1. The lowest BCUT2D eigenvalue weighted by atomic mass is 9.83. The van der Waals surface area contributed by atoms with Gasteiger partial charge in [0.1, 0.15) is 29.4 Å². The van der Waals surface area contributed by atoms with Crippen LogP contribution in [0, 0.1) is 0 Å². The fraction of sp³-hybridized carbons (Fsp3) is 0.458. The van der Waals surface area contributed by atoms with Gasteiger partial charge in [0.05, 0.1) is 37.2 Å². The van der Waals surface area contributed by atoms with Gasteiger partial charge in [-0.25, -0.2) is 8.42 Å². The van der Waals surface area contributed by atoms with E-state index in [1.54, 1.807) is 0 Å². The molecule has 1 heterocycles. The van der Waals surface area contributed by atoms with E-state index in [2.05, 4.69) is 19.2 Å². The van der Waals surface area contributed by atoms with Crippen molar-refractivity contribution >= 4 is 33.2 Å². The molecule has 2 aromatic carbocycles. The molecule has 2 aromatic rings. The summed E-state index contributed by atoms with van der Waals surface area (Å²) in [7, 11) is -1.03. The van der Waals surface area contributed by atoms with Gasteiger partial charge in [0.15, 0.2) is 0 Å². The third-order valence-corrected chi connectivity index (χ3v) is 7.65. The second kappa shape index (κ2) is 10.3. The molecule has 0 radical (unpaired) electrons. The van der Waals surface area contributed by atoms with E-state index in [4.69, 9.17) is 25.8 Å². The van der Waals surface area contributed by atoms with Crippen molar-refractivity contribution in [3.63, 3.8) is 0 Å². The quantitative estimate of drug-likeness (QED) is 0.540. The highest BCUT2D eigenvalue weighted by Crippen LogP contribution is 2.43. The molecule has 0 unspecified atom stereocenters. The highest BCUT2D eigenvalue weighted by molar-refractivity contribution is 7.92. The molecule has 3 rings (SSSR count). The van der Waals surface area contributed by atoms with Crippen molar-refractivity contribution in [3.05, 3.63) is 47.0 Å². The van der Waals surface area contributed by atoms with Crippen LogP contribution in [0.3, 0.4) is 0 Å².